The Kier molecular flexibility index (Phi) is 8.91. The molecule has 1 aromatic carbocycles. The van der Waals surface area contributed by atoms with E-state index in [1.54, 1.807) is 0 Å². The van der Waals surface area contributed by atoms with Gasteiger partial charge in [-0.25, -0.2) is 8.42 Å². The molecule has 146 valence electrons. The molecule has 7 nitrogen and oxygen atoms in total. The first-order chi connectivity index (χ1) is 12.0. The average molecular weight is 405 g/mol. The van der Waals surface area contributed by atoms with Crippen molar-refractivity contribution < 1.29 is 22.7 Å². The third-order valence-electron chi connectivity index (χ3n) is 3.98. The number of rotatable bonds is 8. The van der Waals surface area contributed by atoms with Crippen LogP contribution in [0.2, 0.25) is 0 Å². The first-order valence-electron chi connectivity index (χ1n) is 8.06. The smallest absolute Gasteiger partial charge is 0.221 e. The SMILES string of the molecule is COc1ccc(S(=O)(=O)CCC(=O)NCC2=CCNCC2)cc1OC.Cl. The van der Waals surface area contributed by atoms with Gasteiger partial charge in [0, 0.05) is 25.6 Å². The van der Waals surface area contributed by atoms with Crippen molar-refractivity contribution in [2.75, 3.05) is 39.6 Å². The van der Waals surface area contributed by atoms with Gasteiger partial charge < -0.3 is 20.1 Å². The molecule has 2 N–H and O–H groups in total. The van der Waals surface area contributed by atoms with Crippen LogP contribution >= 0.6 is 12.4 Å². The van der Waals surface area contributed by atoms with E-state index in [2.05, 4.69) is 10.6 Å². The number of hydrogen-bond acceptors (Lipinski definition) is 6. The van der Waals surface area contributed by atoms with Gasteiger partial charge >= 0.3 is 0 Å². The zero-order chi connectivity index (χ0) is 18.3. The average Bonchev–Trinajstić information content (AvgIpc) is 2.65. The molecule has 26 heavy (non-hydrogen) atoms. The topological polar surface area (TPSA) is 93.7 Å². The maximum Gasteiger partial charge on any atom is 0.221 e. The van der Waals surface area contributed by atoms with E-state index in [4.69, 9.17) is 9.47 Å². The summed E-state index contributed by atoms with van der Waals surface area (Å²) in [5.74, 6) is 0.262. The second kappa shape index (κ2) is 10.4. The maximum absolute atomic E-state index is 12.4. The number of halogens is 1. The molecule has 1 aliphatic heterocycles. The molecule has 0 fully saturated rings. The quantitative estimate of drug-likeness (QED) is 0.635. The lowest BCUT2D eigenvalue weighted by Gasteiger charge is -2.14. The number of amides is 1. The third kappa shape index (κ3) is 6.19. The van der Waals surface area contributed by atoms with E-state index in [1.165, 1.54) is 32.4 Å². The highest BCUT2D eigenvalue weighted by atomic mass is 35.5. The minimum atomic E-state index is -3.58. The summed E-state index contributed by atoms with van der Waals surface area (Å²) < 4.78 is 35.0. The molecule has 1 aromatic rings. The summed E-state index contributed by atoms with van der Waals surface area (Å²) in [7, 11) is -0.655. The van der Waals surface area contributed by atoms with Crippen LogP contribution in [0.5, 0.6) is 11.5 Å². The van der Waals surface area contributed by atoms with Crippen LogP contribution in [0.25, 0.3) is 0 Å². The molecule has 9 heteroatoms. The molecule has 0 saturated carbocycles. The third-order valence-corrected chi connectivity index (χ3v) is 5.70. The Hall–Kier alpha value is -1.77. The van der Waals surface area contributed by atoms with Crippen molar-refractivity contribution in [3.8, 4) is 11.5 Å². The lowest BCUT2D eigenvalue weighted by molar-refractivity contribution is -0.120. The van der Waals surface area contributed by atoms with Gasteiger partial charge in [-0.2, -0.15) is 0 Å². The summed E-state index contributed by atoms with van der Waals surface area (Å²) in [6.45, 7) is 2.17. The summed E-state index contributed by atoms with van der Waals surface area (Å²) in [4.78, 5) is 12.0. The number of methoxy groups -OCH3 is 2. The number of carbonyl (C=O) groups is 1. The molecule has 0 radical (unpaired) electrons. The molecular formula is C17H25ClN2O5S. The van der Waals surface area contributed by atoms with Crippen molar-refractivity contribution in [1.82, 2.24) is 10.6 Å². The van der Waals surface area contributed by atoms with Crippen LogP contribution in [0.4, 0.5) is 0 Å². The van der Waals surface area contributed by atoms with Crippen LogP contribution < -0.4 is 20.1 Å². The summed E-state index contributed by atoms with van der Waals surface area (Å²) in [5.41, 5.74) is 1.16. The highest BCUT2D eigenvalue weighted by Gasteiger charge is 2.19. The van der Waals surface area contributed by atoms with Crippen LogP contribution in [0.3, 0.4) is 0 Å². The molecule has 2 rings (SSSR count). The molecule has 0 spiro atoms. The Balaban J connectivity index is 0.00000338. The van der Waals surface area contributed by atoms with Gasteiger partial charge in [0.1, 0.15) is 0 Å². The van der Waals surface area contributed by atoms with Gasteiger partial charge in [0.2, 0.25) is 5.91 Å². The molecule has 1 aliphatic rings. The normalized spacial score (nSPS) is 14.0. The van der Waals surface area contributed by atoms with Crippen LogP contribution in [0.1, 0.15) is 12.8 Å². The highest BCUT2D eigenvalue weighted by molar-refractivity contribution is 7.91. The predicted octanol–water partition coefficient (Wildman–Crippen LogP) is 1.33. The fourth-order valence-electron chi connectivity index (χ4n) is 2.49. The molecule has 0 atom stereocenters. The Labute approximate surface area is 160 Å². The first-order valence-corrected chi connectivity index (χ1v) is 9.71. The van der Waals surface area contributed by atoms with Gasteiger partial charge in [-0.3, -0.25) is 4.79 Å². The number of ether oxygens (including phenoxy) is 2. The van der Waals surface area contributed by atoms with Crippen molar-refractivity contribution >= 4 is 28.2 Å². The van der Waals surface area contributed by atoms with E-state index < -0.39 is 9.84 Å². The second-order valence-electron chi connectivity index (χ2n) is 5.68. The van der Waals surface area contributed by atoms with E-state index in [-0.39, 0.29) is 35.4 Å². The molecular weight excluding hydrogens is 380 g/mol. The predicted molar refractivity (Wildman–Crippen MR) is 102 cm³/mol. The number of nitrogens with one attached hydrogen (secondary N) is 2. The summed E-state index contributed by atoms with van der Waals surface area (Å²) in [6.07, 6.45) is 2.86. The fraction of sp³-hybridized carbons (Fsp3) is 0.471. The Morgan fingerprint density at radius 3 is 2.58 bits per heavy atom. The minimum Gasteiger partial charge on any atom is -0.493 e. The van der Waals surface area contributed by atoms with Gasteiger partial charge in [-0.1, -0.05) is 11.6 Å². The molecule has 1 amide bonds. The molecule has 0 aromatic heterocycles. The number of benzene rings is 1. The summed E-state index contributed by atoms with van der Waals surface area (Å²) in [5, 5.41) is 5.97. The van der Waals surface area contributed by atoms with Gasteiger partial charge in [-0.05, 0) is 25.1 Å². The van der Waals surface area contributed by atoms with E-state index in [1.807, 2.05) is 6.08 Å². The molecule has 0 unspecified atom stereocenters. The maximum atomic E-state index is 12.4. The van der Waals surface area contributed by atoms with Crippen LogP contribution in [-0.2, 0) is 14.6 Å². The lowest BCUT2D eigenvalue weighted by Crippen LogP contribution is -2.30. The van der Waals surface area contributed by atoms with Crippen molar-refractivity contribution in [1.29, 1.82) is 0 Å². The molecule has 0 bridgehead atoms. The van der Waals surface area contributed by atoms with Crippen molar-refractivity contribution in [3.63, 3.8) is 0 Å². The van der Waals surface area contributed by atoms with Crippen molar-refractivity contribution in [2.24, 2.45) is 0 Å². The van der Waals surface area contributed by atoms with E-state index in [0.717, 1.165) is 25.1 Å². The monoisotopic (exact) mass is 404 g/mol. The molecule has 0 saturated heterocycles. The van der Waals surface area contributed by atoms with Gasteiger partial charge in [0.15, 0.2) is 21.3 Å². The van der Waals surface area contributed by atoms with Crippen LogP contribution in [0.15, 0.2) is 34.7 Å². The Morgan fingerprint density at radius 1 is 1.23 bits per heavy atom. The fourth-order valence-corrected chi connectivity index (χ4v) is 3.74. The highest BCUT2D eigenvalue weighted by Crippen LogP contribution is 2.29. The van der Waals surface area contributed by atoms with Gasteiger partial charge in [0.05, 0.1) is 24.9 Å². The lowest BCUT2D eigenvalue weighted by atomic mass is 10.1. The van der Waals surface area contributed by atoms with Gasteiger partial charge in [-0.15, -0.1) is 12.4 Å². The number of hydrogen-bond donors (Lipinski definition) is 2. The second-order valence-corrected chi connectivity index (χ2v) is 7.79. The minimum absolute atomic E-state index is 0. The number of sulfone groups is 1. The zero-order valence-electron chi connectivity index (χ0n) is 14.9. The number of carbonyl (C=O) groups excluding carboxylic acids is 1. The van der Waals surface area contributed by atoms with Crippen LogP contribution in [0, 0.1) is 0 Å². The summed E-state index contributed by atoms with van der Waals surface area (Å²) >= 11 is 0. The summed E-state index contributed by atoms with van der Waals surface area (Å²) in [6, 6.07) is 4.40. The van der Waals surface area contributed by atoms with Crippen molar-refractivity contribution in [2.45, 2.75) is 17.7 Å². The van der Waals surface area contributed by atoms with Gasteiger partial charge in [0.25, 0.3) is 0 Å². The molecule has 0 aliphatic carbocycles. The standard InChI is InChI=1S/C17H24N2O5S.ClH/c1-23-15-4-3-14(11-16(15)24-2)25(21,22)10-7-17(20)19-12-13-5-8-18-9-6-13;/h3-5,11,18H,6-10,12H2,1-2H3,(H,19,20);1H. The Morgan fingerprint density at radius 2 is 1.96 bits per heavy atom. The van der Waals surface area contributed by atoms with E-state index >= 15 is 0 Å². The Bertz CT molecular complexity index is 750. The zero-order valence-corrected chi connectivity index (χ0v) is 16.5. The first kappa shape index (κ1) is 22.3. The van der Waals surface area contributed by atoms with E-state index in [9.17, 15) is 13.2 Å². The molecule has 1 heterocycles. The largest absolute Gasteiger partial charge is 0.493 e. The van der Waals surface area contributed by atoms with Crippen LogP contribution in [-0.4, -0.2) is 53.9 Å². The van der Waals surface area contributed by atoms with Crippen molar-refractivity contribution in [3.05, 3.63) is 29.8 Å². The van der Waals surface area contributed by atoms with E-state index in [0.29, 0.717) is 18.0 Å².